The fourth-order valence-corrected chi connectivity index (χ4v) is 1.95. The molecule has 0 aliphatic rings. The zero-order valence-corrected chi connectivity index (χ0v) is 11.8. The summed E-state index contributed by atoms with van der Waals surface area (Å²) in [7, 11) is 1.60. The van der Waals surface area contributed by atoms with Crippen LogP contribution >= 0.6 is 0 Å². The number of nitrogens with zero attached hydrogens (tertiary/aromatic N) is 3. The number of anilines is 1. The van der Waals surface area contributed by atoms with Crippen LogP contribution in [-0.4, -0.2) is 22.0 Å². The first-order valence-electron chi connectivity index (χ1n) is 6.47. The maximum Gasteiger partial charge on any atom is 0.178 e. The van der Waals surface area contributed by atoms with Gasteiger partial charge in [-0.2, -0.15) is 5.10 Å². The van der Waals surface area contributed by atoms with E-state index in [4.69, 9.17) is 15.0 Å². The second-order valence-corrected chi connectivity index (χ2v) is 3.94. The van der Waals surface area contributed by atoms with Crippen LogP contribution in [0.1, 0.15) is 19.4 Å². The molecule has 1 aromatic carbocycles. The maximum absolute atomic E-state index is 5.74. The molecule has 20 heavy (non-hydrogen) atoms. The summed E-state index contributed by atoms with van der Waals surface area (Å²) in [5, 5.41) is 8.61. The van der Waals surface area contributed by atoms with E-state index in [0.717, 1.165) is 5.56 Å². The lowest BCUT2D eigenvalue weighted by molar-refractivity contribution is 0.418. The molecular weight excluding hydrogens is 256 g/mol. The van der Waals surface area contributed by atoms with Gasteiger partial charge in [0.15, 0.2) is 11.4 Å². The first-order chi connectivity index (χ1) is 9.78. The van der Waals surface area contributed by atoms with Crippen LogP contribution in [0.15, 0.2) is 35.1 Å². The molecule has 0 amide bonds. The Hall–Kier alpha value is -2.50. The van der Waals surface area contributed by atoms with Crippen molar-refractivity contribution in [3.05, 3.63) is 36.2 Å². The number of nitrogen functional groups attached to an aromatic ring is 1. The van der Waals surface area contributed by atoms with Crippen LogP contribution in [0.25, 0.3) is 11.0 Å². The Morgan fingerprint density at radius 1 is 1.35 bits per heavy atom. The van der Waals surface area contributed by atoms with Crippen LogP contribution in [0.2, 0.25) is 0 Å². The van der Waals surface area contributed by atoms with Crippen molar-refractivity contribution in [1.82, 2.24) is 14.9 Å². The fraction of sp³-hybridized carbons (Fsp3) is 0.286. The molecule has 2 heterocycles. The van der Waals surface area contributed by atoms with Crippen LogP contribution in [0, 0.1) is 0 Å². The quantitative estimate of drug-likeness (QED) is 0.794. The molecule has 6 heteroatoms. The average Bonchev–Trinajstić information content (AvgIpc) is 3.11. The van der Waals surface area contributed by atoms with Crippen molar-refractivity contribution >= 4 is 16.8 Å². The van der Waals surface area contributed by atoms with Crippen molar-refractivity contribution in [2.24, 2.45) is 0 Å². The number of ether oxygens (including phenoxy) is 1. The molecule has 0 bridgehead atoms. The smallest absolute Gasteiger partial charge is 0.178 e. The Balaban J connectivity index is 0.000000704. The Labute approximate surface area is 117 Å². The van der Waals surface area contributed by atoms with E-state index in [9.17, 15) is 0 Å². The van der Waals surface area contributed by atoms with Crippen LogP contribution in [0.4, 0.5) is 5.82 Å². The summed E-state index contributed by atoms with van der Waals surface area (Å²) in [6.45, 7) is 4.64. The predicted molar refractivity (Wildman–Crippen MR) is 77.7 cm³/mol. The molecule has 0 radical (unpaired) electrons. The third kappa shape index (κ3) is 2.59. The van der Waals surface area contributed by atoms with E-state index in [0.29, 0.717) is 29.1 Å². The minimum atomic E-state index is 0.340. The standard InChI is InChI=1S/C12H12N4O2.C2H6/c1-17-9-5-8(7-16-4-2-3-14-16)6-10-11(9)12(13)15-18-10;1-2/h2-6H,7H2,1H3,(H2,13,15);1-2H3. The molecule has 0 saturated heterocycles. The number of aromatic nitrogens is 3. The van der Waals surface area contributed by atoms with Crippen molar-refractivity contribution in [1.29, 1.82) is 0 Å². The molecule has 6 nitrogen and oxygen atoms in total. The van der Waals surface area contributed by atoms with Gasteiger partial charge in [-0.3, -0.25) is 4.68 Å². The van der Waals surface area contributed by atoms with Crippen LogP contribution < -0.4 is 10.5 Å². The summed E-state index contributed by atoms with van der Waals surface area (Å²) in [6, 6.07) is 5.68. The Kier molecular flexibility index (Phi) is 4.24. The van der Waals surface area contributed by atoms with Crippen molar-refractivity contribution in [2.75, 3.05) is 12.8 Å². The van der Waals surface area contributed by atoms with Crippen molar-refractivity contribution in [3.63, 3.8) is 0 Å². The molecule has 0 atom stereocenters. The monoisotopic (exact) mass is 274 g/mol. The second kappa shape index (κ2) is 6.10. The molecule has 0 spiro atoms. The van der Waals surface area contributed by atoms with E-state index < -0.39 is 0 Å². The molecule has 106 valence electrons. The molecule has 0 aliphatic heterocycles. The zero-order chi connectivity index (χ0) is 14.5. The van der Waals surface area contributed by atoms with E-state index in [1.165, 1.54) is 0 Å². The highest BCUT2D eigenvalue weighted by Gasteiger charge is 2.13. The first-order valence-corrected chi connectivity index (χ1v) is 6.47. The van der Waals surface area contributed by atoms with Gasteiger partial charge >= 0.3 is 0 Å². The molecular formula is C14H18N4O2. The van der Waals surface area contributed by atoms with E-state index in [1.54, 1.807) is 13.3 Å². The topological polar surface area (TPSA) is 79.1 Å². The lowest BCUT2D eigenvalue weighted by Crippen LogP contribution is -2.00. The van der Waals surface area contributed by atoms with Gasteiger partial charge in [0.05, 0.1) is 13.7 Å². The van der Waals surface area contributed by atoms with E-state index in [1.807, 2.05) is 42.9 Å². The van der Waals surface area contributed by atoms with E-state index in [-0.39, 0.29) is 0 Å². The van der Waals surface area contributed by atoms with Gasteiger partial charge in [-0.05, 0) is 23.8 Å². The summed E-state index contributed by atoms with van der Waals surface area (Å²) in [5.41, 5.74) is 7.37. The number of hydrogen-bond donors (Lipinski definition) is 1. The van der Waals surface area contributed by atoms with Gasteiger partial charge in [-0.25, -0.2) is 0 Å². The molecule has 0 saturated carbocycles. The summed E-state index contributed by atoms with van der Waals surface area (Å²) in [6.07, 6.45) is 3.63. The zero-order valence-electron chi connectivity index (χ0n) is 11.8. The van der Waals surface area contributed by atoms with Gasteiger partial charge < -0.3 is 15.0 Å². The van der Waals surface area contributed by atoms with Crippen molar-refractivity contribution in [2.45, 2.75) is 20.4 Å². The lowest BCUT2D eigenvalue weighted by atomic mass is 10.1. The predicted octanol–water partition coefficient (Wildman–Crippen LogP) is 2.69. The molecule has 2 N–H and O–H groups in total. The highest BCUT2D eigenvalue weighted by Crippen LogP contribution is 2.32. The van der Waals surface area contributed by atoms with Gasteiger partial charge in [-0.1, -0.05) is 19.0 Å². The number of benzene rings is 1. The summed E-state index contributed by atoms with van der Waals surface area (Å²) >= 11 is 0. The highest BCUT2D eigenvalue weighted by molar-refractivity contribution is 5.93. The number of rotatable bonds is 3. The number of fused-ring (bicyclic) bond motifs is 1. The minimum Gasteiger partial charge on any atom is -0.496 e. The normalized spacial score (nSPS) is 10.2. The van der Waals surface area contributed by atoms with Gasteiger partial charge in [0.1, 0.15) is 11.1 Å². The third-order valence-corrected chi connectivity index (χ3v) is 2.75. The Bertz CT molecular complexity index is 674. The van der Waals surface area contributed by atoms with Crippen molar-refractivity contribution in [3.8, 4) is 5.75 Å². The van der Waals surface area contributed by atoms with Gasteiger partial charge in [0.25, 0.3) is 0 Å². The molecule has 0 aliphatic carbocycles. The van der Waals surface area contributed by atoms with Gasteiger partial charge in [0, 0.05) is 12.4 Å². The van der Waals surface area contributed by atoms with Crippen LogP contribution in [-0.2, 0) is 6.54 Å². The van der Waals surface area contributed by atoms with E-state index >= 15 is 0 Å². The summed E-state index contributed by atoms with van der Waals surface area (Å²) in [5.74, 6) is 1.00. The number of methoxy groups -OCH3 is 1. The molecule has 3 rings (SSSR count). The highest BCUT2D eigenvalue weighted by atomic mass is 16.5. The Morgan fingerprint density at radius 3 is 2.80 bits per heavy atom. The fourth-order valence-electron chi connectivity index (χ4n) is 1.95. The third-order valence-electron chi connectivity index (χ3n) is 2.75. The first kappa shape index (κ1) is 13.9. The van der Waals surface area contributed by atoms with Gasteiger partial charge in [0.2, 0.25) is 0 Å². The SMILES string of the molecule is CC.COc1cc(Cn2cccn2)cc2onc(N)c12. The number of nitrogens with two attached hydrogens (primary N) is 1. The molecule has 0 fully saturated rings. The van der Waals surface area contributed by atoms with Crippen LogP contribution in [0.5, 0.6) is 5.75 Å². The number of hydrogen-bond acceptors (Lipinski definition) is 5. The lowest BCUT2D eigenvalue weighted by Gasteiger charge is -2.06. The van der Waals surface area contributed by atoms with E-state index in [2.05, 4.69) is 10.3 Å². The minimum absolute atomic E-state index is 0.340. The molecule has 2 aromatic heterocycles. The van der Waals surface area contributed by atoms with Crippen molar-refractivity contribution < 1.29 is 9.26 Å². The molecule has 3 aromatic rings. The summed E-state index contributed by atoms with van der Waals surface area (Å²) < 4.78 is 12.3. The Morgan fingerprint density at radius 2 is 2.15 bits per heavy atom. The second-order valence-electron chi connectivity index (χ2n) is 3.94. The van der Waals surface area contributed by atoms with Gasteiger partial charge in [-0.15, -0.1) is 0 Å². The van der Waals surface area contributed by atoms with Crippen LogP contribution in [0.3, 0.4) is 0 Å². The molecule has 0 unspecified atom stereocenters. The maximum atomic E-state index is 5.74. The summed E-state index contributed by atoms with van der Waals surface area (Å²) in [4.78, 5) is 0. The largest absolute Gasteiger partial charge is 0.496 e. The average molecular weight is 274 g/mol.